The second-order valence-electron chi connectivity index (χ2n) is 5.31. The second kappa shape index (κ2) is 10.2. The smallest absolute Gasteiger partial charge is 0.244 e. The summed E-state index contributed by atoms with van der Waals surface area (Å²) in [5, 5.41) is 2.81. The monoisotopic (exact) mass is 325 g/mol. The quantitative estimate of drug-likeness (QED) is 0.567. The number of benzene rings is 2. The lowest BCUT2D eigenvalue weighted by atomic mass is 10.2. The lowest BCUT2D eigenvalue weighted by Gasteiger charge is -2.06. The second-order valence-corrected chi connectivity index (χ2v) is 5.31. The van der Waals surface area contributed by atoms with Crippen LogP contribution in [0.15, 0.2) is 60.7 Å². The predicted molar refractivity (Wildman–Crippen MR) is 95.8 cm³/mol. The highest BCUT2D eigenvalue weighted by atomic mass is 16.5. The van der Waals surface area contributed by atoms with Gasteiger partial charge in [-0.05, 0) is 35.8 Å². The molecule has 0 aliphatic carbocycles. The van der Waals surface area contributed by atoms with Crippen LogP contribution in [0.4, 0.5) is 0 Å². The summed E-state index contributed by atoms with van der Waals surface area (Å²) in [6.07, 6.45) is 4.13. The van der Waals surface area contributed by atoms with E-state index in [0.717, 1.165) is 23.3 Å². The standard InChI is InChI=1S/C20H23NO3/c1-23-15-5-14-21-20(22)13-10-17-8-11-19(12-9-17)24-16-18-6-3-2-4-7-18/h2-4,6-13H,5,14-16H2,1H3,(H,21,22)/b13-10+. The molecule has 0 unspecified atom stereocenters. The van der Waals surface area contributed by atoms with Crippen molar-refractivity contribution in [3.05, 3.63) is 71.8 Å². The lowest BCUT2D eigenvalue weighted by Crippen LogP contribution is -2.22. The molecule has 0 fully saturated rings. The Balaban J connectivity index is 1.77. The molecule has 1 amide bonds. The van der Waals surface area contributed by atoms with Crippen molar-refractivity contribution in [2.75, 3.05) is 20.3 Å². The molecule has 0 saturated carbocycles. The van der Waals surface area contributed by atoms with Crippen molar-refractivity contribution in [1.29, 1.82) is 0 Å². The molecule has 0 aliphatic rings. The molecule has 0 bridgehead atoms. The van der Waals surface area contributed by atoms with Crippen LogP contribution in [0.3, 0.4) is 0 Å². The number of rotatable bonds is 9. The summed E-state index contributed by atoms with van der Waals surface area (Å²) in [7, 11) is 1.65. The van der Waals surface area contributed by atoms with E-state index in [2.05, 4.69) is 5.32 Å². The maximum Gasteiger partial charge on any atom is 0.244 e. The van der Waals surface area contributed by atoms with E-state index in [1.54, 1.807) is 13.2 Å². The fourth-order valence-corrected chi connectivity index (χ4v) is 2.07. The summed E-state index contributed by atoms with van der Waals surface area (Å²) in [6.45, 7) is 1.80. The number of hydrogen-bond acceptors (Lipinski definition) is 3. The summed E-state index contributed by atoms with van der Waals surface area (Å²) >= 11 is 0. The van der Waals surface area contributed by atoms with Crippen LogP contribution >= 0.6 is 0 Å². The van der Waals surface area contributed by atoms with Crippen molar-refractivity contribution >= 4 is 12.0 Å². The Bertz CT molecular complexity index is 636. The normalized spacial score (nSPS) is 10.7. The predicted octanol–water partition coefficient (Wildman–Crippen LogP) is 3.43. The maximum absolute atomic E-state index is 11.6. The summed E-state index contributed by atoms with van der Waals surface area (Å²) in [5.41, 5.74) is 2.08. The molecule has 126 valence electrons. The van der Waals surface area contributed by atoms with E-state index in [1.165, 1.54) is 6.08 Å². The molecular formula is C20H23NO3. The number of methoxy groups -OCH3 is 1. The maximum atomic E-state index is 11.6. The minimum atomic E-state index is -0.101. The van der Waals surface area contributed by atoms with Gasteiger partial charge < -0.3 is 14.8 Å². The van der Waals surface area contributed by atoms with Gasteiger partial charge in [-0.25, -0.2) is 0 Å². The third-order valence-corrected chi connectivity index (χ3v) is 3.38. The van der Waals surface area contributed by atoms with E-state index in [1.807, 2.05) is 54.6 Å². The summed E-state index contributed by atoms with van der Waals surface area (Å²) < 4.78 is 10.7. The van der Waals surface area contributed by atoms with Gasteiger partial charge in [-0.15, -0.1) is 0 Å². The Morgan fingerprint density at radius 1 is 1.08 bits per heavy atom. The van der Waals surface area contributed by atoms with Gasteiger partial charge in [0.05, 0.1) is 0 Å². The van der Waals surface area contributed by atoms with Crippen LogP contribution in [-0.4, -0.2) is 26.2 Å². The molecule has 4 heteroatoms. The Morgan fingerprint density at radius 3 is 2.54 bits per heavy atom. The fourth-order valence-electron chi connectivity index (χ4n) is 2.07. The zero-order valence-electron chi connectivity index (χ0n) is 13.9. The van der Waals surface area contributed by atoms with Crippen LogP contribution in [0.2, 0.25) is 0 Å². The highest BCUT2D eigenvalue weighted by molar-refractivity contribution is 5.91. The van der Waals surface area contributed by atoms with Gasteiger partial charge in [-0.3, -0.25) is 4.79 Å². The van der Waals surface area contributed by atoms with Crippen molar-refractivity contribution in [2.24, 2.45) is 0 Å². The molecule has 0 spiro atoms. The highest BCUT2D eigenvalue weighted by Crippen LogP contribution is 2.15. The largest absolute Gasteiger partial charge is 0.489 e. The highest BCUT2D eigenvalue weighted by Gasteiger charge is 1.97. The number of amides is 1. The first-order chi connectivity index (χ1) is 11.8. The Morgan fingerprint density at radius 2 is 1.83 bits per heavy atom. The van der Waals surface area contributed by atoms with E-state index >= 15 is 0 Å². The van der Waals surface area contributed by atoms with Crippen molar-refractivity contribution < 1.29 is 14.3 Å². The van der Waals surface area contributed by atoms with Gasteiger partial charge in [0.25, 0.3) is 0 Å². The van der Waals surface area contributed by atoms with Crippen LogP contribution in [0.1, 0.15) is 17.5 Å². The van der Waals surface area contributed by atoms with Crippen LogP contribution in [0.5, 0.6) is 5.75 Å². The van der Waals surface area contributed by atoms with Gasteiger partial charge in [0.15, 0.2) is 0 Å². The molecule has 0 aliphatic heterocycles. The zero-order valence-corrected chi connectivity index (χ0v) is 13.9. The minimum absolute atomic E-state index is 0.101. The molecule has 1 N–H and O–H groups in total. The minimum Gasteiger partial charge on any atom is -0.489 e. The Labute approximate surface area is 143 Å². The first kappa shape index (κ1) is 17.8. The molecule has 0 radical (unpaired) electrons. The van der Waals surface area contributed by atoms with E-state index in [-0.39, 0.29) is 5.91 Å². The average Bonchev–Trinajstić information content (AvgIpc) is 2.63. The zero-order chi connectivity index (χ0) is 17.0. The number of hydrogen-bond donors (Lipinski definition) is 1. The number of carbonyl (C=O) groups is 1. The van der Waals surface area contributed by atoms with E-state index in [9.17, 15) is 4.79 Å². The van der Waals surface area contributed by atoms with Gasteiger partial charge in [-0.2, -0.15) is 0 Å². The first-order valence-electron chi connectivity index (χ1n) is 7.99. The Hall–Kier alpha value is -2.59. The summed E-state index contributed by atoms with van der Waals surface area (Å²) in [4.78, 5) is 11.6. The van der Waals surface area contributed by atoms with Gasteiger partial charge in [0.2, 0.25) is 5.91 Å². The van der Waals surface area contributed by atoms with Crippen LogP contribution < -0.4 is 10.1 Å². The first-order valence-corrected chi connectivity index (χ1v) is 7.99. The third-order valence-electron chi connectivity index (χ3n) is 3.38. The van der Waals surface area contributed by atoms with Gasteiger partial charge in [-0.1, -0.05) is 42.5 Å². The molecule has 0 aromatic heterocycles. The molecule has 0 saturated heterocycles. The van der Waals surface area contributed by atoms with Crippen molar-refractivity contribution in [1.82, 2.24) is 5.32 Å². The molecule has 4 nitrogen and oxygen atoms in total. The van der Waals surface area contributed by atoms with Crippen molar-refractivity contribution in [2.45, 2.75) is 13.0 Å². The van der Waals surface area contributed by atoms with Crippen LogP contribution in [-0.2, 0) is 16.1 Å². The topological polar surface area (TPSA) is 47.6 Å². The van der Waals surface area contributed by atoms with Gasteiger partial charge in [0, 0.05) is 26.3 Å². The molecule has 2 rings (SSSR count). The molecule has 24 heavy (non-hydrogen) atoms. The average molecular weight is 325 g/mol. The lowest BCUT2D eigenvalue weighted by molar-refractivity contribution is -0.116. The number of nitrogens with one attached hydrogen (secondary N) is 1. The SMILES string of the molecule is COCCCNC(=O)/C=C/c1ccc(OCc2ccccc2)cc1. The molecule has 2 aromatic rings. The van der Waals surface area contributed by atoms with Crippen molar-refractivity contribution in [3.63, 3.8) is 0 Å². The third kappa shape index (κ3) is 6.67. The van der Waals surface area contributed by atoms with E-state index in [4.69, 9.17) is 9.47 Å². The Kier molecular flexibility index (Phi) is 7.57. The molecule has 0 heterocycles. The number of carbonyl (C=O) groups excluding carboxylic acids is 1. The summed E-state index contributed by atoms with van der Waals surface area (Å²) in [6, 6.07) is 17.7. The van der Waals surface area contributed by atoms with Crippen molar-refractivity contribution in [3.8, 4) is 5.75 Å². The molecular weight excluding hydrogens is 302 g/mol. The summed E-state index contributed by atoms with van der Waals surface area (Å²) in [5.74, 6) is 0.704. The van der Waals surface area contributed by atoms with Crippen LogP contribution in [0.25, 0.3) is 6.08 Å². The van der Waals surface area contributed by atoms with Crippen LogP contribution in [0, 0.1) is 0 Å². The molecule has 2 aromatic carbocycles. The van der Waals surface area contributed by atoms with Gasteiger partial charge in [0.1, 0.15) is 12.4 Å². The molecule has 0 atom stereocenters. The van der Waals surface area contributed by atoms with E-state index < -0.39 is 0 Å². The van der Waals surface area contributed by atoms with E-state index in [0.29, 0.717) is 19.8 Å². The van der Waals surface area contributed by atoms with Gasteiger partial charge >= 0.3 is 0 Å². The number of ether oxygens (including phenoxy) is 2. The fraction of sp³-hybridized carbons (Fsp3) is 0.250.